The van der Waals surface area contributed by atoms with E-state index in [0.717, 1.165) is 32.7 Å². The lowest BCUT2D eigenvalue weighted by molar-refractivity contribution is 0.284. The Hall–Kier alpha value is -1.28. The average Bonchev–Trinajstić information content (AvgIpc) is 2.32. The predicted molar refractivity (Wildman–Crippen MR) is 64.1 cm³/mol. The fraction of sp³-hybridized carbons (Fsp3) is 0.385. The number of hydrogen-bond acceptors (Lipinski definition) is 2. The first-order chi connectivity index (χ1) is 7.40. The molecule has 1 heterocycles. The first-order valence-corrected chi connectivity index (χ1v) is 5.44. The van der Waals surface area contributed by atoms with E-state index in [2.05, 4.69) is 34.6 Å². The number of rotatable bonds is 3. The van der Waals surface area contributed by atoms with E-state index in [1.807, 2.05) is 18.2 Å². The molecular formula is C13H17N2. The van der Waals surface area contributed by atoms with Crippen LogP contribution < -0.4 is 4.90 Å². The van der Waals surface area contributed by atoms with Crippen molar-refractivity contribution in [3.8, 4) is 0 Å². The highest BCUT2D eigenvalue weighted by Crippen LogP contribution is 2.14. The second-order valence-electron chi connectivity index (χ2n) is 3.83. The van der Waals surface area contributed by atoms with Crippen LogP contribution in [0.5, 0.6) is 0 Å². The summed E-state index contributed by atoms with van der Waals surface area (Å²) in [4.78, 5) is 4.85. The van der Waals surface area contributed by atoms with Crippen LogP contribution in [0.15, 0.2) is 36.9 Å². The van der Waals surface area contributed by atoms with E-state index in [1.54, 1.807) is 0 Å². The predicted octanol–water partition coefficient (Wildman–Crippen LogP) is 1.79. The van der Waals surface area contributed by atoms with Crippen LogP contribution in [0.25, 0.3) is 0 Å². The molecular weight excluding hydrogens is 184 g/mol. The van der Waals surface area contributed by atoms with E-state index in [0.29, 0.717) is 0 Å². The lowest BCUT2D eigenvalue weighted by Crippen LogP contribution is -2.46. The van der Waals surface area contributed by atoms with E-state index >= 15 is 0 Å². The molecule has 1 aromatic rings. The van der Waals surface area contributed by atoms with Gasteiger partial charge in [-0.3, -0.25) is 4.90 Å². The van der Waals surface area contributed by atoms with Crippen molar-refractivity contribution in [2.45, 2.75) is 0 Å². The van der Waals surface area contributed by atoms with Crippen LogP contribution >= 0.6 is 0 Å². The summed E-state index contributed by atoms with van der Waals surface area (Å²) in [6.07, 6.45) is 1.98. The zero-order chi connectivity index (χ0) is 10.5. The first kappa shape index (κ1) is 10.2. The van der Waals surface area contributed by atoms with Crippen molar-refractivity contribution < 1.29 is 0 Å². The molecule has 79 valence electrons. The third-order valence-electron chi connectivity index (χ3n) is 2.83. The topological polar surface area (TPSA) is 6.48 Å². The number of anilines is 1. The van der Waals surface area contributed by atoms with Gasteiger partial charge in [-0.2, -0.15) is 0 Å². The van der Waals surface area contributed by atoms with Gasteiger partial charge in [0.25, 0.3) is 0 Å². The van der Waals surface area contributed by atoms with Gasteiger partial charge in [0.15, 0.2) is 0 Å². The van der Waals surface area contributed by atoms with Gasteiger partial charge >= 0.3 is 0 Å². The van der Waals surface area contributed by atoms with Gasteiger partial charge in [0.05, 0.1) is 0 Å². The Labute approximate surface area is 91.8 Å². The zero-order valence-electron chi connectivity index (χ0n) is 9.02. The maximum absolute atomic E-state index is 3.77. The van der Waals surface area contributed by atoms with E-state index in [9.17, 15) is 0 Å². The minimum atomic E-state index is 1.01. The van der Waals surface area contributed by atoms with Gasteiger partial charge in [-0.1, -0.05) is 18.2 Å². The van der Waals surface area contributed by atoms with Crippen LogP contribution in [0.3, 0.4) is 0 Å². The number of hydrogen-bond donors (Lipinski definition) is 0. The fourth-order valence-corrected chi connectivity index (χ4v) is 1.96. The number of benzene rings is 1. The summed E-state index contributed by atoms with van der Waals surface area (Å²) in [5.41, 5.74) is 1.31. The SMILES string of the molecule is C=CCN1CCN(c2cc[c]cc2)CC1. The molecule has 0 atom stereocenters. The van der Waals surface area contributed by atoms with Crippen LogP contribution in [0.1, 0.15) is 0 Å². The van der Waals surface area contributed by atoms with Crippen LogP contribution in [0.4, 0.5) is 5.69 Å². The number of nitrogens with zero attached hydrogens (tertiary/aromatic N) is 2. The standard InChI is InChI=1S/C13H17N2/c1-2-8-14-9-11-15(12-10-14)13-6-4-3-5-7-13/h2,4-7H,1,8-12H2. The summed E-state index contributed by atoms with van der Waals surface area (Å²) >= 11 is 0. The maximum atomic E-state index is 3.77. The third kappa shape index (κ3) is 2.60. The molecule has 1 fully saturated rings. The lowest BCUT2D eigenvalue weighted by Gasteiger charge is -2.35. The summed E-state index contributed by atoms with van der Waals surface area (Å²) < 4.78 is 0. The zero-order valence-corrected chi connectivity index (χ0v) is 9.02. The molecule has 1 aliphatic heterocycles. The highest BCUT2D eigenvalue weighted by atomic mass is 15.3. The molecule has 0 spiro atoms. The summed E-state index contributed by atoms with van der Waals surface area (Å²) in [7, 11) is 0. The molecule has 0 bridgehead atoms. The molecule has 1 aliphatic rings. The molecule has 2 nitrogen and oxygen atoms in total. The van der Waals surface area contributed by atoms with Gasteiger partial charge in [-0.25, -0.2) is 0 Å². The summed E-state index contributed by atoms with van der Waals surface area (Å²) in [5, 5.41) is 0. The normalized spacial score (nSPS) is 17.7. The molecule has 2 rings (SSSR count). The Morgan fingerprint density at radius 2 is 1.87 bits per heavy atom. The molecule has 15 heavy (non-hydrogen) atoms. The van der Waals surface area contributed by atoms with E-state index < -0.39 is 0 Å². The van der Waals surface area contributed by atoms with Crippen LogP contribution in [0.2, 0.25) is 0 Å². The highest BCUT2D eigenvalue weighted by molar-refractivity contribution is 5.46. The summed E-state index contributed by atoms with van der Waals surface area (Å²) in [6, 6.07) is 11.3. The molecule has 0 aromatic heterocycles. The summed E-state index contributed by atoms with van der Waals surface area (Å²) in [5.74, 6) is 0. The molecule has 1 aromatic carbocycles. The molecule has 2 heteroatoms. The smallest absolute Gasteiger partial charge is 0.0367 e. The van der Waals surface area contributed by atoms with Crippen molar-refractivity contribution in [2.75, 3.05) is 37.6 Å². The van der Waals surface area contributed by atoms with Gasteiger partial charge < -0.3 is 4.90 Å². The molecule has 0 unspecified atom stereocenters. The maximum Gasteiger partial charge on any atom is 0.0367 e. The quantitative estimate of drug-likeness (QED) is 0.688. The van der Waals surface area contributed by atoms with Crippen LogP contribution in [-0.2, 0) is 0 Å². The van der Waals surface area contributed by atoms with Crippen molar-refractivity contribution in [2.24, 2.45) is 0 Å². The van der Waals surface area contributed by atoms with Crippen LogP contribution in [-0.4, -0.2) is 37.6 Å². The molecule has 0 N–H and O–H groups in total. The van der Waals surface area contributed by atoms with Gasteiger partial charge in [0.1, 0.15) is 0 Å². The Morgan fingerprint density at radius 1 is 1.20 bits per heavy atom. The largest absolute Gasteiger partial charge is 0.369 e. The lowest BCUT2D eigenvalue weighted by atomic mass is 10.2. The van der Waals surface area contributed by atoms with Gasteiger partial charge in [-0.05, 0) is 18.2 Å². The second-order valence-corrected chi connectivity index (χ2v) is 3.83. The van der Waals surface area contributed by atoms with Crippen molar-refractivity contribution in [1.29, 1.82) is 0 Å². The Bertz CT molecular complexity index is 300. The Morgan fingerprint density at radius 3 is 2.47 bits per heavy atom. The van der Waals surface area contributed by atoms with Crippen molar-refractivity contribution in [1.82, 2.24) is 4.90 Å². The molecule has 0 aliphatic carbocycles. The molecule has 0 saturated carbocycles. The number of piperazine rings is 1. The van der Waals surface area contributed by atoms with E-state index in [1.165, 1.54) is 5.69 Å². The van der Waals surface area contributed by atoms with Gasteiger partial charge in [0.2, 0.25) is 0 Å². The monoisotopic (exact) mass is 201 g/mol. The van der Waals surface area contributed by atoms with Crippen LogP contribution in [0, 0.1) is 6.07 Å². The summed E-state index contributed by atoms with van der Waals surface area (Å²) in [6.45, 7) is 9.26. The fourth-order valence-electron chi connectivity index (χ4n) is 1.96. The third-order valence-corrected chi connectivity index (χ3v) is 2.83. The van der Waals surface area contributed by atoms with Gasteiger partial charge in [0, 0.05) is 38.4 Å². The minimum absolute atomic E-state index is 1.01. The van der Waals surface area contributed by atoms with Crippen molar-refractivity contribution in [3.63, 3.8) is 0 Å². The van der Waals surface area contributed by atoms with E-state index in [4.69, 9.17) is 0 Å². The Kier molecular flexibility index (Phi) is 3.41. The average molecular weight is 201 g/mol. The highest BCUT2D eigenvalue weighted by Gasteiger charge is 2.15. The second kappa shape index (κ2) is 4.99. The molecule has 0 amide bonds. The molecule has 1 radical (unpaired) electrons. The molecule has 1 saturated heterocycles. The Balaban J connectivity index is 1.91. The van der Waals surface area contributed by atoms with Gasteiger partial charge in [-0.15, -0.1) is 6.58 Å². The van der Waals surface area contributed by atoms with E-state index in [-0.39, 0.29) is 0 Å². The first-order valence-electron chi connectivity index (χ1n) is 5.44. The van der Waals surface area contributed by atoms with Crippen molar-refractivity contribution in [3.05, 3.63) is 43.0 Å². The minimum Gasteiger partial charge on any atom is -0.369 e. The van der Waals surface area contributed by atoms with Crippen molar-refractivity contribution >= 4 is 5.69 Å².